The summed E-state index contributed by atoms with van der Waals surface area (Å²) in [7, 11) is 0. The molecule has 1 heterocycles. The van der Waals surface area contributed by atoms with Gasteiger partial charge < -0.3 is 9.88 Å². The lowest BCUT2D eigenvalue weighted by molar-refractivity contribution is 0.102. The number of carbonyl (C=O) groups is 1. The summed E-state index contributed by atoms with van der Waals surface area (Å²) in [5.41, 5.74) is 6.26. The van der Waals surface area contributed by atoms with Crippen molar-refractivity contribution < 1.29 is 4.79 Å². The van der Waals surface area contributed by atoms with E-state index in [0.717, 1.165) is 39.3 Å². The van der Waals surface area contributed by atoms with Crippen LogP contribution in [0.3, 0.4) is 0 Å². The smallest absolute Gasteiger partial charge is 0.261 e. The largest absolute Gasteiger partial charge is 0.321 e. The predicted octanol–water partition coefficient (Wildman–Crippen LogP) is 6.64. The van der Waals surface area contributed by atoms with Crippen molar-refractivity contribution in [2.24, 2.45) is 0 Å². The highest BCUT2D eigenvalue weighted by Crippen LogP contribution is 2.31. The number of amides is 1. The van der Waals surface area contributed by atoms with Crippen molar-refractivity contribution in [2.75, 3.05) is 5.32 Å². The first-order valence-electron chi connectivity index (χ1n) is 10.7. The zero-order valence-corrected chi connectivity index (χ0v) is 19.8. The fourth-order valence-electron chi connectivity index (χ4n) is 4.15. The van der Waals surface area contributed by atoms with Crippen molar-refractivity contribution in [3.8, 4) is 16.9 Å². The summed E-state index contributed by atoms with van der Waals surface area (Å²) in [6.45, 7) is 7.71. The van der Waals surface area contributed by atoms with Gasteiger partial charge >= 0.3 is 0 Å². The molecule has 0 aliphatic heterocycles. The molecule has 4 rings (SSSR count). The molecule has 0 spiro atoms. The number of benzene rings is 3. The topological polar surface area (TPSA) is 51.1 Å². The molecule has 0 saturated carbocycles. The number of anilines is 1. The number of nitrogens with zero attached hydrogens (tertiary/aromatic N) is 1. The van der Waals surface area contributed by atoms with E-state index in [1.54, 1.807) is 12.1 Å². The maximum Gasteiger partial charge on any atom is 0.261 e. The third kappa shape index (κ3) is 4.35. The van der Waals surface area contributed by atoms with Crippen molar-refractivity contribution in [2.45, 2.75) is 27.7 Å². The van der Waals surface area contributed by atoms with Crippen LogP contribution in [0.2, 0.25) is 5.02 Å². The molecule has 4 nitrogen and oxygen atoms in total. The summed E-state index contributed by atoms with van der Waals surface area (Å²) in [4.78, 5) is 26.9. The van der Waals surface area contributed by atoms with Gasteiger partial charge in [0, 0.05) is 33.7 Å². The SMILES string of the molecule is Cc1ccccc1-c1c(C(=O)Nc2c(C)cccc2C)c(=O)cc(C)n1-c1ccc(Cl)cc1. The van der Waals surface area contributed by atoms with Gasteiger partial charge in [0.15, 0.2) is 5.43 Å². The molecule has 0 saturated heterocycles. The van der Waals surface area contributed by atoms with E-state index in [9.17, 15) is 9.59 Å². The van der Waals surface area contributed by atoms with Crippen LogP contribution in [0.4, 0.5) is 5.69 Å². The first kappa shape index (κ1) is 22.6. The van der Waals surface area contributed by atoms with Crippen LogP contribution in [-0.4, -0.2) is 10.5 Å². The van der Waals surface area contributed by atoms with Crippen molar-refractivity contribution in [3.05, 3.63) is 116 Å². The Balaban J connectivity index is 2.02. The highest BCUT2D eigenvalue weighted by Gasteiger charge is 2.24. The summed E-state index contributed by atoms with van der Waals surface area (Å²) in [6.07, 6.45) is 0. The molecule has 1 N–H and O–H groups in total. The molecule has 0 bridgehead atoms. The van der Waals surface area contributed by atoms with Gasteiger partial charge in [0.25, 0.3) is 5.91 Å². The predicted molar refractivity (Wildman–Crippen MR) is 136 cm³/mol. The molecule has 4 aromatic rings. The van der Waals surface area contributed by atoms with Crippen LogP contribution in [-0.2, 0) is 0 Å². The van der Waals surface area contributed by atoms with E-state index < -0.39 is 5.91 Å². The molecule has 1 aromatic heterocycles. The van der Waals surface area contributed by atoms with Gasteiger partial charge in [-0.25, -0.2) is 0 Å². The van der Waals surface area contributed by atoms with Crippen LogP contribution in [0.25, 0.3) is 16.9 Å². The molecule has 5 heteroatoms. The minimum atomic E-state index is -0.432. The number of hydrogen-bond donors (Lipinski definition) is 1. The zero-order valence-electron chi connectivity index (χ0n) is 19.1. The molecule has 0 aliphatic rings. The Kier molecular flexibility index (Phi) is 6.21. The Labute approximate surface area is 198 Å². The van der Waals surface area contributed by atoms with E-state index in [1.807, 2.05) is 86.9 Å². The fourth-order valence-corrected chi connectivity index (χ4v) is 4.28. The van der Waals surface area contributed by atoms with Crippen LogP contribution < -0.4 is 10.7 Å². The van der Waals surface area contributed by atoms with Crippen LogP contribution in [0.1, 0.15) is 32.7 Å². The standard InChI is InChI=1S/C28H25ClN2O2/c1-17-8-5-6-11-23(17)27-25(28(33)30-26-18(2)9-7-10-19(26)3)24(32)16-20(4)31(27)22-14-12-21(29)13-15-22/h5-16H,1-4H3,(H,30,33). The van der Waals surface area contributed by atoms with Crippen LogP contribution in [0.5, 0.6) is 0 Å². The highest BCUT2D eigenvalue weighted by molar-refractivity contribution is 6.30. The summed E-state index contributed by atoms with van der Waals surface area (Å²) < 4.78 is 1.94. The number of rotatable bonds is 4. The van der Waals surface area contributed by atoms with Crippen molar-refractivity contribution in [1.82, 2.24) is 4.57 Å². The second kappa shape index (κ2) is 9.08. The van der Waals surface area contributed by atoms with E-state index >= 15 is 0 Å². The van der Waals surface area contributed by atoms with Crippen LogP contribution >= 0.6 is 11.6 Å². The lowest BCUT2D eigenvalue weighted by Crippen LogP contribution is -2.27. The van der Waals surface area contributed by atoms with E-state index in [0.29, 0.717) is 10.7 Å². The highest BCUT2D eigenvalue weighted by atomic mass is 35.5. The minimum Gasteiger partial charge on any atom is -0.321 e. The van der Waals surface area contributed by atoms with Crippen LogP contribution in [0, 0.1) is 27.7 Å². The average molecular weight is 457 g/mol. The van der Waals surface area contributed by atoms with E-state index in [2.05, 4.69) is 5.32 Å². The third-order valence-corrected chi connectivity index (χ3v) is 6.08. The molecule has 0 atom stereocenters. The number of aryl methyl sites for hydroxylation is 4. The number of carbonyl (C=O) groups excluding carboxylic acids is 1. The minimum absolute atomic E-state index is 0.104. The number of hydrogen-bond acceptors (Lipinski definition) is 2. The molecule has 3 aromatic carbocycles. The number of aromatic nitrogens is 1. The summed E-state index contributed by atoms with van der Waals surface area (Å²) in [6, 6.07) is 22.5. The monoisotopic (exact) mass is 456 g/mol. The van der Waals surface area contributed by atoms with Gasteiger partial charge in [-0.1, -0.05) is 54.1 Å². The third-order valence-electron chi connectivity index (χ3n) is 5.83. The second-order valence-electron chi connectivity index (χ2n) is 8.22. The zero-order chi connectivity index (χ0) is 23.7. The average Bonchev–Trinajstić information content (AvgIpc) is 2.77. The Bertz CT molecular complexity index is 1400. The maximum absolute atomic E-state index is 13.6. The van der Waals surface area contributed by atoms with Crippen molar-refractivity contribution in [3.63, 3.8) is 0 Å². The quantitative estimate of drug-likeness (QED) is 0.374. The van der Waals surface area contributed by atoms with E-state index in [-0.39, 0.29) is 11.0 Å². The molecule has 0 aliphatic carbocycles. The lowest BCUT2D eigenvalue weighted by atomic mass is 9.98. The number of halogens is 1. The van der Waals surface area contributed by atoms with Gasteiger partial charge in [-0.3, -0.25) is 9.59 Å². The Hall–Kier alpha value is -3.63. The van der Waals surface area contributed by atoms with Crippen molar-refractivity contribution >= 4 is 23.2 Å². The molecule has 33 heavy (non-hydrogen) atoms. The van der Waals surface area contributed by atoms with Gasteiger partial charge in [-0.05, 0) is 68.7 Å². The fraction of sp³-hybridized carbons (Fsp3) is 0.143. The first-order valence-corrected chi connectivity index (χ1v) is 11.1. The molecule has 0 radical (unpaired) electrons. The van der Waals surface area contributed by atoms with Gasteiger partial charge in [0.05, 0.1) is 5.69 Å². The molecular formula is C28H25ClN2O2. The number of pyridine rings is 1. The Morgan fingerprint density at radius 3 is 2.06 bits per heavy atom. The Morgan fingerprint density at radius 2 is 1.42 bits per heavy atom. The number of nitrogens with one attached hydrogen (secondary N) is 1. The molecule has 1 amide bonds. The molecular weight excluding hydrogens is 432 g/mol. The van der Waals surface area contributed by atoms with E-state index in [1.165, 1.54) is 6.07 Å². The van der Waals surface area contributed by atoms with Crippen LogP contribution in [0.15, 0.2) is 77.6 Å². The second-order valence-corrected chi connectivity index (χ2v) is 8.66. The molecule has 166 valence electrons. The van der Waals surface area contributed by atoms with Gasteiger partial charge in [-0.15, -0.1) is 0 Å². The van der Waals surface area contributed by atoms with Gasteiger partial charge in [-0.2, -0.15) is 0 Å². The van der Waals surface area contributed by atoms with Crippen molar-refractivity contribution in [1.29, 1.82) is 0 Å². The number of para-hydroxylation sites is 1. The summed E-state index contributed by atoms with van der Waals surface area (Å²) in [5, 5.41) is 3.61. The molecule has 0 unspecified atom stereocenters. The lowest BCUT2D eigenvalue weighted by Gasteiger charge is -2.22. The summed E-state index contributed by atoms with van der Waals surface area (Å²) in [5.74, 6) is -0.432. The first-order chi connectivity index (χ1) is 15.8. The molecule has 0 fully saturated rings. The van der Waals surface area contributed by atoms with Gasteiger partial charge in [0.1, 0.15) is 5.56 Å². The van der Waals surface area contributed by atoms with Gasteiger partial charge in [0.2, 0.25) is 0 Å². The normalized spacial score (nSPS) is 10.8. The Morgan fingerprint density at radius 1 is 0.818 bits per heavy atom. The maximum atomic E-state index is 13.6. The summed E-state index contributed by atoms with van der Waals surface area (Å²) >= 11 is 6.12. The van der Waals surface area contributed by atoms with E-state index in [4.69, 9.17) is 11.6 Å².